The molecule has 2 aromatic rings. The van der Waals surface area contributed by atoms with E-state index < -0.39 is 15.5 Å². The Balaban J connectivity index is 1.97. The normalized spacial score (nSPS) is 9.83. The van der Waals surface area contributed by atoms with E-state index in [2.05, 4.69) is 16.2 Å². The summed E-state index contributed by atoms with van der Waals surface area (Å²) in [5.41, 5.74) is 5.48. The summed E-state index contributed by atoms with van der Waals surface area (Å²) < 4.78 is 0. The van der Waals surface area contributed by atoms with Crippen LogP contribution in [0.4, 0.5) is 17.1 Å². The quantitative estimate of drug-likeness (QED) is 0.414. The fourth-order valence-electron chi connectivity index (χ4n) is 1.84. The average molecular weight is 347 g/mol. The zero-order valence-corrected chi connectivity index (χ0v) is 13.1. The topological polar surface area (TPSA) is 122 Å². The maximum atomic E-state index is 11.0. The van der Waals surface area contributed by atoms with Gasteiger partial charge in [0.2, 0.25) is 0 Å². The maximum absolute atomic E-state index is 11.0. The van der Waals surface area contributed by atoms with Crippen molar-refractivity contribution in [1.82, 2.24) is 10.7 Å². The molecule has 3 N–H and O–H groups in total. The summed E-state index contributed by atoms with van der Waals surface area (Å²) in [7, 11) is 0. The predicted octanol–water partition coefficient (Wildman–Crippen LogP) is 2.49. The first-order chi connectivity index (χ1) is 11.5. The van der Waals surface area contributed by atoms with Gasteiger partial charge in [-0.3, -0.25) is 31.1 Å². The van der Waals surface area contributed by atoms with Gasteiger partial charge in [-0.25, -0.2) is 0 Å². The van der Waals surface area contributed by atoms with Crippen molar-refractivity contribution in [2.24, 2.45) is 0 Å². The lowest BCUT2D eigenvalue weighted by atomic mass is 10.2. The summed E-state index contributed by atoms with van der Waals surface area (Å²) in [5, 5.41) is 24.9. The fraction of sp³-hybridized carbons (Fsp3) is 0.0714. The minimum absolute atomic E-state index is 0.0643. The molecule has 0 unspecified atom stereocenters. The first kappa shape index (κ1) is 17.1. The largest absolute Gasteiger partial charge is 0.357 e. The average Bonchev–Trinajstić information content (AvgIpc) is 2.58. The van der Waals surface area contributed by atoms with Gasteiger partial charge in [-0.05, 0) is 23.8 Å². The Kier molecular flexibility index (Phi) is 5.58. The molecule has 0 aromatic heterocycles. The Morgan fingerprint density at radius 2 is 1.75 bits per heavy atom. The van der Waals surface area contributed by atoms with E-state index in [0.29, 0.717) is 6.54 Å². The highest BCUT2D eigenvalue weighted by atomic mass is 32.1. The Hall–Kier alpha value is -3.27. The van der Waals surface area contributed by atoms with Gasteiger partial charge >= 0.3 is 5.69 Å². The number of nitro groups is 2. The van der Waals surface area contributed by atoms with Crippen LogP contribution in [0.25, 0.3) is 0 Å². The second-order valence-electron chi connectivity index (χ2n) is 4.63. The van der Waals surface area contributed by atoms with E-state index >= 15 is 0 Å². The molecule has 2 aromatic carbocycles. The third kappa shape index (κ3) is 4.61. The van der Waals surface area contributed by atoms with Gasteiger partial charge in [-0.1, -0.05) is 30.3 Å². The molecule has 0 saturated carbocycles. The van der Waals surface area contributed by atoms with Gasteiger partial charge in [0.25, 0.3) is 5.69 Å². The number of nitrogens with zero attached hydrogens (tertiary/aromatic N) is 2. The number of hydrazine groups is 1. The van der Waals surface area contributed by atoms with Crippen LogP contribution in [-0.2, 0) is 6.54 Å². The molecule has 0 radical (unpaired) electrons. The number of thiocarbonyl (C=S) groups is 1. The monoisotopic (exact) mass is 347 g/mol. The molecular formula is C14H13N5O4S. The number of hydrogen-bond acceptors (Lipinski definition) is 6. The number of nitrogens with one attached hydrogen (secondary N) is 3. The van der Waals surface area contributed by atoms with Crippen LogP contribution in [0.3, 0.4) is 0 Å². The molecule has 0 atom stereocenters. The van der Waals surface area contributed by atoms with Crippen molar-refractivity contribution in [2.75, 3.05) is 5.43 Å². The Morgan fingerprint density at radius 1 is 1.04 bits per heavy atom. The van der Waals surface area contributed by atoms with E-state index in [1.807, 2.05) is 30.3 Å². The van der Waals surface area contributed by atoms with Crippen molar-refractivity contribution in [3.05, 3.63) is 74.3 Å². The number of nitro benzene ring substituents is 2. The number of rotatable bonds is 6. The van der Waals surface area contributed by atoms with Crippen LogP contribution in [-0.4, -0.2) is 15.0 Å². The van der Waals surface area contributed by atoms with Crippen molar-refractivity contribution >= 4 is 34.4 Å². The highest BCUT2D eigenvalue weighted by molar-refractivity contribution is 7.80. The number of anilines is 1. The molecule has 0 aliphatic rings. The lowest BCUT2D eigenvalue weighted by Gasteiger charge is -2.12. The van der Waals surface area contributed by atoms with Crippen molar-refractivity contribution in [3.63, 3.8) is 0 Å². The van der Waals surface area contributed by atoms with Gasteiger partial charge in [0.15, 0.2) is 5.11 Å². The maximum Gasteiger partial charge on any atom is 0.300 e. The summed E-state index contributed by atoms with van der Waals surface area (Å²) in [5.74, 6) is 0. The van der Waals surface area contributed by atoms with Crippen molar-refractivity contribution in [3.8, 4) is 0 Å². The van der Waals surface area contributed by atoms with Crippen LogP contribution in [0.2, 0.25) is 0 Å². The van der Waals surface area contributed by atoms with Gasteiger partial charge in [-0.15, -0.1) is 0 Å². The van der Waals surface area contributed by atoms with Gasteiger partial charge in [0, 0.05) is 12.6 Å². The van der Waals surface area contributed by atoms with Gasteiger partial charge < -0.3 is 5.32 Å². The zero-order chi connectivity index (χ0) is 17.5. The highest BCUT2D eigenvalue weighted by Gasteiger charge is 2.19. The van der Waals surface area contributed by atoms with Gasteiger partial charge in [-0.2, -0.15) is 0 Å². The molecule has 0 heterocycles. The second kappa shape index (κ2) is 7.83. The molecule has 124 valence electrons. The lowest BCUT2D eigenvalue weighted by Crippen LogP contribution is -2.38. The molecule has 24 heavy (non-hydrogen) atoms. The fourth-order valence-corrected chi connectivity index (χ4v) is 1.96. The van der Waals surface area contributed by atoms with Crippen LogP contribution in [0.1, 0.15) is 5.56 Å². The molecule has 0 bridgehead atoms. The molecule has 2 rings (SSSR count). The molecule has 0 fully saturated rings. The molecule has 0 aliphatic heterocycles. The summed E-state index contributed by atoms with van der Waals surface area (Å²) in [4.78, 5) is 20.3. The second-order valence-corrected chi connectivity index (χ2v) is 5.04. The van der Waals surface area contributed by atoms with Gasteiger partial charge in [0.1, 0.15) is 5.69 Å². The van der Waals surface area contributed by atoms with E-state index in [9.17, 15) is 20.2 Å². The number of hydrogen-bond donors (Lipinski definition) is 3. The Morgan fingerprint density at radius 3 is 2.38 bits per heavy atom. The SMILES string of the molecule is O=[N+]([O-])c1ccc(NNC(=S)NCc2ccccc2)c([N+](=O)[O-])c1. The number of non-ortho nitro benzene ring substituents is 1. The third-order valence-electron chi connectivity index (χ3n) is 3.00. The van der Waals surface area contributed by atoms with Crippen LogP contribution in [0.5, 0.6) is 0 Å². The number of benzene rings is 2. The van der Waals surface area contributed by atoms with Gasteiger partial charge in [0.05, 0.1) is 15.9 Å². The molecule has 0 aliphatic carbocycles. The van der Waals surface area contributed by atoms with E-state index in [1.54, 1.807) is 0 Å². The van der Waals surface area contributed by atoms with Crippen molar-refractivity contribution in [2.45, 2.75) is 6.54 Å². The molecule has 0 amide bonds. The summed E-state index contributed by atoms with van der Waals surface area (Å²) >= 11 is 5.07. The van der Waals surface area contributed by atoms with E-state index in [-0.39, 0.29) is 16.5 Å². The van der Waals surface area contributed by atoms with Crippen molar-refractivity contribution in [1.29, 1.82) is 0 Å². The van der Waals surface area contributed by atoms with E-state index in [4.69, 9.17) is 12.2 Å². The predicted molar refractivity (Wildman–Crippen MR) is 92.4 cm³/mol. The van der Waals surface area contributed by atoms with E-state index in [1.165, 1.54) is 6.07 Å². The van der Waals surface area contributed by atoms with Crippen LogP contribution in [0.15, 0.2) is 48.5 Å². The lowest BCUT2D eigenvalue weighted by molar-refractivity contribution is -0.393. The van der Waals surface area contributed by atoms with Crippen LogP contribution >= 0.6 is 12.2 Å². The third-order valence-corrected chi connectivity index (χ3v) is 3.24. The van der Waals surface area contributed by atoms with Crippen LogP contribution in [0, 0.1) is 20.2 Å². The summed E-state index contributed by atoms with van der Waals surface area (Å²) in [6.45, 7) is 0.483. The smallest absolute Gasteiger partial charge is 0.300 e. The van der Waals surface area contributed by atoms with Crippen LogP contribution < -0.4 is 16.2 Å². The first-order valence-electron chi connectivity index (χ1n) is 6.74. The molecular weight excluding hydrogens is 334 g/mol. The Bertz CT molecular complexity index is 769. The highest BCUT2D eigenvalue weighted by Crippen LogP contribution is 2.28. The summed E-state index contributed by atoms with van der Waals surface area (Å²) in [6, 6.07) is 12.8. The standard InChI is InChI=1S/C14H13N5O4S/c20-18(21)11-6-7-12(13(8-11)19(22)23)16-17-14(24)15-9-10-4-2-1-3-5-10/h1-8,16H,9H2,(H2,15,17,24). The summed E-state index contributed by atoms with van der Waals surface area (Å²) in [6.07, 6.45) is 0. The van der Waals surface area contributed by atoms with Crippen molar-refractivity contribution < 1.29 is 9.85 Å². The molecule has 10 heteroatoms. The molecule has 9 nitrogen and oxygen atoms in total. The molecule has 0 spiro atoms. The molecule has 0 saturated heterocycles. The Labute approximate surface area is 142 Å². The minimum Gasteiger partial charge on any atom is -0.357 e. The first-order valence-corrected chi connectivity index (χ1v) is 7.15. The zero-order valence-electron chi connectivity index (χ0n) is 12.3. The van der Waals surface area contributed by atoms with E-state index in [0.717, 1.165) is 17.7 Å². The minimum atomic E-state index is -0.711.